The Morgan fingerprint density at radius 2 is 1.93 bits per heavy atom. The van der Waals surface area contributed by atoms with Gasteiger partial charge in [-0.3, -0.25) is 14.6 Å². The number of nitrogens with two attached hydrogens (primary N) is 1. The van der Waals surface area contributed by atoms with Crippen LogP contribution in [0.3, 0.4) is 0 Å². The van der Waals surface area contributed by atoms with Gasteiger partial charge in [0.05, 0.1) is 31.8 Å². The monoisotopic (exact) mass is 420 g/mol. The van der Waals surface area contributed by atoms with Crippen LogP contribution in [0.15, 0.2) is 21.2 Å². The number of aromatic amines is 2. The van der Waals surface area contributed by atoms with Gasteiger partial charge in [-0.1, -0.05) is 0 Å². The van der Waals surface area contributed by atoms with Crippen LogP contribution >= 0.6 is 0 Å². The molecule has 0 saturated heterocycles. The largest absolute Gasteiger partial charge is 0.378 e. The number of rotatable bonds is 14. The molecule has 3 rings (SSSR count). The van der Waals surface area contributed by atoms with Crippen molar-refractivity contribution in [2.75, 3.05) is 45.3 Å². The third-order valence-corrected chi connectivity index (χ3v) is 4.59. The first-order valence-electron chi connectivity index (χ1n) is 9.89. The number of aromatic nitrogens is 3. The van der Waals surface area contributed by atoms with E-state index < -0.39 is 0 Å². The van der Waals surface area contributed by atoms with Crippen molar-refractivity contribution in [1.29, 1.82) is 0 Å². The summed E-state index contributed by atoms with van der Waals surface area (Å²) in [5.74, 6) is 0.0680. The summed E-state index contributed by atoms with van der Waals surface area (Å²) in [4.78, 5) is 33.1. The summed E-state index contributed by atoms with van der Waals surface area (Å²) in [5.41, 5.74) is 6.22. The Morgan fingerprint density at radius 1 is 1.20 bits per heavy atom. The SMILES string of the molecule is CC1(CCC(=O)NCCOCCOCCNCc2c[nH]c3nc(N)[nH]c(=O)c23)N=N1. The quantitative estimate of drug-likeness (QED) is 0.268. The summed E-state index contributed by atoms with van der Waals surface area (Å²) >= 11 is 0. The number of hydrogen-bond donors (Lipinski definition) is 5. The topological polar surface area (TPSA) is 172 Å². The van der Waals surface area contributed by atoms with Crippen LogP contribution in [-0.4, -0.2) is 66.0 Å². The number of H-pyrrole nitrogens is 2. The molecule has 0 aliphatic carbocycles. The normalized spacial score (nSPS) is 14.3. The lowest BCUT2D eigenvalue weighted by Crippen LogP contribution is -2.28. The van der Waals surface area contributed by atoms with Crippen molar-refractivity contribution in [2.24, 2.45) is 10.2 Å². The average molecular weight is 420 g/mol. The number of ether oxygens (including phenoxy) is 2. The van der Waals surface area contributed by atoms with E-state index in [1.807, 2.05) is 6.92 Å². The zero-order valence-corrected chi connectivity index (χ0v) is 17.0. The van der Waals surface area contributed by atoms with E-state index in [0.29, 0.717) is 69.9 Å². The van der Waals surface area contributed by atoms with Gasteiger partial charge in [0.1, 0.15) is 5.65 Å². The second kappa shape index (κ2) is 10.3. The first-order chi connectivity index (χ1) is 14.5. The molecule has 1 aliphatic rings. The van der Waals surface area contributed by atoms with Crippen LogP contribution in [0.1, 0.15) is 25.3 Å². The Morgan fingerprint density at radius 3 is 2.67 bits per heavy atom. The van der Waals surface area contributed by atoms with E-state index in [1.54, 1.807) is 6.20 Å². The summed E-state index contributed by atoms with van der Waals surface area (Å²) in [6.45, 7) is 5.37. The number of nitrogens with one attached hydrogen (secondary N) is 4. The number of carbonyl (C=O) groups is 1. The van der Waals surface area contributed by atoms with E-state index in [2.05, 4.69) is 35.8 Å². The highest BCUT2D eigenvalue weighted by Gasteiger charge is 2.33. The van der Waals surface area contributed by atoms with Crippen LogP contribution in [0.2, 0.25) is 0 Å². The lowest BCUT2D eigenvalue weighted by Gasteiger charge is -2.08. The Bertz CT molecular complexity index is 932. The van der Waals surface area contributed by atoms with Gasteiger partial charge in [-0.05, 0) is 12.5 Å². The van der Waals surface area contributed by atoms with Crippen molar-refractivity contribution in [3.8, 4) is 0 Å². The van der Waals surface area contributed by atoms with E-state index in [9.17, 15) is 9.59 Å². The lowest BCUT2D eigenvalue weighted by molar-refractivity contribution is -0.121. The molecule has 12 nitrogen and oxygen atoms in total. The van der Waals surface area contributed by atoms with Gasteiger partial charge in [-0.15, -0.1) is 0 Å². The molecule has 0 bridgehead atoms. The minimum atomic E-state index is -0.335. The molecular weight excluding hydrogens is 392 g/mol. The number of nitrogen functional groups attached to an aromatic ring is 1. The fourth-order valence-corrected chi connectivity index (χ4v) is 2.84. The lowest BCUT2D eigenvalue weighted by atomic mass is 10.1. The van der Waals surface area contributed by atoms with Crippen molar-refractivity contribution in [2.45, 2.75) is 32.0 Å². The molecule has 1 amide bonds. The summed E-state index contributed by atoms with van der Waals surface area (Å²) in [6, 6.07) is 0. The van der Waals surface area contributed by atoms with E-state index >= 15 is 0 Å². The van der Waals surface area contributed by atoms with Gasteiger partial charge >= 0.3 is 0 Å². The van der Waals surface area contributed by atoms with Crippen LogP contribution in [0.4, 0.5) is 5.95 Å². The van der Waals surface area contributed by atoms with Gasteiger partial charge in [0.15, 0.2) is 5.66 Å². The van der Waals surface area contributed by atoms with Gasteiger partial charge in [0.2, 0.25) is 11.9 Å². The van der Waals surface area contributed by atoms with Gasteiger partial charge in [0, 0.05) is 38.7 Å². The zero-order chi connectivity index (χ0) is 21.4. The minimum absolute atomic E-state index is 0.0177. The second-order valence-corrected chi connectivity index (χ2v) is 7.16. The Labute approximate surface area is 173 Å². The molecule has 0 saturated carbocycles. The predicted molar refractivity (Wildman–Crippen MR) is 110 cm³/mol. The molecular formula is C18H28N8O4. The second-order valence-electron chi connectivity index (χ2n) is 7.16. The van der Waals surface area contributed by atoms with Crippen molar-refractivity contribution in [3.63, 3.8) is 0 Å². The molecule has 164 valence electrons. The van der Waals surface area contributed by atoms with Crippen molar-refractivity contribution < 1.29 is 14.3 Å². The molecule has 0 atom stereocenters. The molecule has 0 unspecified atom stereocenters. The van der Waals surface area contributed by atoms with Gasteiger partial charge in [-0.25, -0.2) is 0 Å². The average Bonchev–Trinajstić information content (AvgIpc) is 3.30. The molecule has 0 radical (unpaired) electrons. The van der Waals surface area contributed by atoms with E-state index in [4.69, 9.17) is 15.2 Å². The van der Waals surface area contributed by atoms with Crippen LogP contribution in [0.25, 0.3) is 11.0 Å². The van der Waals surface area contributed by atoms with Crippen molar-refractivity contribution >= 4 is 22.9 Å². The molecule has 6 N–H and O–H groups in total. The number of anilines is 1. The van der Waals surface area contributed by atoms with Crippen LogP contribution in [0, 0.1) is 0 Å². The van der Waals surface area contributed by atoms with Crippen LogP contribution < -0.4 is 21.9 Å². The van der Waals surface area contributed by atoms with Crippen LogP contribution in [-0.2, 0) is 20.8 Å². The number of amides is 1. The number of fused-ring (bicyclic) bond motifs is 1. The highest BCUT2D eigenvalue weighted by molar-refractivity contribution is 5.79. The smallest absolute Gasteiger partial charge is 0.262 e. The molecule has 0 aromatic carbocycles. The van der Waals surface area contributed by atoms with E-state index in [-0.39, 0.29) is 23.1 Å². The minimum Gasteiger partial charge on any atom is -0.378 e. The molecule has 2 aromatic rings. The van der Waals surface area contributed by atoms with Crippen molar-refractivity contribution in [1.82, 2.24) is 25.6 Å². The summed E-state index contributed by atoms with van der Waals surface area (Å²) in [6.07, 6.45) is 2.80. The Hall–Kier alpha value is -2.83. The van der Waals surface area contributed by atoms with Gasteiger partial charge in [0.25, 0.3) is 5.56 Å². The third kappa shape index (κ3) is 6.61. The molecule has 30 heavy (non-hydrogen) atoms. The molecule has 1 aliphatic heterocycles. The molecule has 0 spiro atoms. The standard InChI is InChI=1S/C18H28N8O4/c1-18(25-26-18)3-2-13(27)21-5-7-30-9-8-29-6-4-20-10-12-11-22-15-14(12)16(28)24-17(19)23-15/h11,20H,2-10H2,1H3,(H,21,27)(H4,19,22,23,24,28). The number of nitrogens with zero attached hydrogens (tertiary/aromatic N) is 3. The summed E-state index contributed by atoms with van der Waals surface area (Å²) in [5, 5.41) is 14.3. The molecule has 2 aromatic heterocycles. The van der Waals surface area contributed by atoms with Gasteiger partial charge in [-0.2, -0.15) is 15.2 Å². The highest BCUT2D eigenvalue weighted by atomic mass is 16.5. The van der Waals surface area contributed by atoms with Crippen LogP contribution in [0.5, 0.6) is 0 Å². The zero-order valence-electron chi connectivity index (χ0n) is 17.0. The maximum atomic E-state index is 12.0. The molecule has 12 heteroatoms. The van der Waals surface area contributed by atoms with E-state index in [0.717, 1.165) is 5.56 Å². The fraction of sp³-hybridized carbons (Fsp3) is 0.611. The highest BCUT2D eigenvalue weighted by Crippen LogP contribution is 2.31. The summed E-state index contributed by atoms with van der Waals surface area (Å²) in [7, 11) is 0. The third-order valence-electron chi connectivity index (χ3n) is 4.59. The first kappa shape index (κ1) is 21.9. The maximum Gasteiger partial charge on any atom is 0.262 e. The van der Waals surface area contributed by atoms with Gasteiger partial charge < -0.3 is 30.8 Å². The molecule has 0 fully saturated rings. The fourth-order valence-electron chi connectivity index (χ4n) is 2.84. The first-order valence-corrected chi connectivity index (χ1v) is 9.89. The Balaban J connectivity index is 1.16. The molecule has 3 heterocycles. The predicted octanol–water partition coefficient (Wildman–Crippen LogP) is 0.0346. The van der Waals surface area contributed by atoms with E-state index in [1.165, 1.54) is 0 Å². The number of carbonyl (C=O) groups excluding carboxylic acids is 1. The number of hydrogen-bond acceptors (Lipinski definition) is 9. The van der Waals surface area contributed by atoms with Crippen molar-refractivity contribution in [3.05, 3.63) is 22.1 Å². The Kier molecular flexibility index (Phi) is 7.49. The maximum absolute atomic E-state index is 12.0. The summed E-state index contributed by atoms with van der Waals surface area (Å²) < 4.78 is 10.9.